The number of nitrogens with zero attached hydrogens (tertiary/aromatic N) is 6. The van der Waals surface area contributed by atoms with Gasteiger partial charge in [-0.05, 0) is 43.7 Å². The first-order chi connectivity index (χ1) is 16.7. The van der Waals surface area contributed by atoms with Crippen LogP contribution in [0.15, 0.2) is 48.2 Å². The van der Waals surface area contributed by atoms with Crippen molar-refractivity contribution >= 4 is 24.7 Å². The third-order valence-electron chi connectivity index (χ3n) is 6.30. The van der Waals surface area contributed by atoms with Gasteiger partial charge in [0.15, 0.2) is 11.5 Å². The van der Waals surface area contributed by atoms with Crippen LogP contribution in [0.25, 0.3) is 17.5 Å². The number of benzene rings is 1. The normalized spacial score (nSPS) is 15.6. The minimum absolute atomic E-state index is 0.110. The highest BCUT2D eigenvalue weighted by atomic mass is 19.2. The van der Waals surface area contributed by atoms with Gasteiger partial charge in [-0.3, -0.25) is 4.79 Å². The molecule has 0 saturated heterocycles. The zero-order valence-electron chi connectivity index (χ0n) is 19.7. The number of nitrogens with one attached hydrogen (secondary N) is 1. The minimum atomic E-state index is -4.02. The third-order valence-corrected chi connectivity index (χ3v) is 6.30. The van der Waals surface area contributed by atoms with E-state index in [2.05, 4.69) is 25.7 Å². The lowest BCUT2D eigenvalue weighted by atomic mass is 9.90. The predicted molar refractivity (Wildman–Crippen MR) is 129 cm³/mol. The summed E-state index contributed by atoms with van der Waals surface area (Å²) in [7, 11) is 0. The Morgan fingerprint density at radius 1 is 1.06 bits per heavy atom. The maximum absolute atomic E-state index is 15.5. The average molecular weight is 475 g/mol. The van der Waals surface area contributed by atoms with E-state index in [0.717, 1.165) is 25.7 Å². The van der Waals surface area contributed by atoms with Crippen LogP contribution in [0.4, 0.5) is 8.63 Å². The third kappa shape index (κ3) is 4.18. The molecule has 35 heavy (non-hydrogen) atoms. The van der Waals surface area contributed by atoms with E-state index in [4.69, 9.17) is 0 Å². The number of aromatic nitrogens is 5. The van der Waals surface area contributed by atoms with Crippen LogP contribution in [0.3, 0.4) is 0 Å². The molecule has 0 spiro atoms. The second-order valence-electron chi connectivity index (χ2n) is 8.82. The van der Waals surface area contributed by atoms with Crippen molar-refractivity contribution in [1.82, 2.24) is 30.2 Å². The van der Waals surface area contributed by atoms with Crippen LogP contribution in [0.5, 0.6) is 0 Å². The number of halogens is 2. The van der Waals surface area contributed by atoms with Gasteiger partial charge < -0.3 is 22.9 Å². The summed E-state index contributed by atoms with van der Waals surface area (Å²) in [6.07, 6.45) is 5.48. The molecule has 0 atom stereocenters. The zero-order valence-corrected chi connectivity index (χ0v) is 19.7. The topological polar surface area (TPSA) is 88.6 Å². The van der Waals surface area contributed by atoms with E-state index in [1.165, 1.54) is 0 Å². The van der Waals surface area contributed by atoms with Gasteiger partial charge >= 0.3 is 6.97 Å². The Bertz CT molecular complexity index is 1410. The van der Waals surface area contributed by atoms with E-state index in [0.29, 0.717) is 41.0 Å². The van der Waals surface area contributed by atoms with Crippen LogP contribution in [-0.2, 0) is 11.3 Å². The van der Waals surface area contributed by atoms with Crippen LogP contribution in [0.1, 0.15) is 41.2 Å². The molecular weight excluding hydrogens is 451 g/mol. The van der Waals surface area contributed by atoms with Gasteiger partial charge in [0, 0.05) is 48.9 Å². The lowest BCUT2D eigenvalue weighted by Crippen LogP contribution is -2.50. The lowest BCUT2D eigenvalue weighted by molar-refractivity contribution is -0.362. The Morgan fingerprint density at radius 2 is 1.77 bits per heavy atom. The number of rotatable bonds is 6. The predicted octanol–water partition coefficient (Wildman–Crippen LogP) is 3.36. The van der Waals surface area contributed by atoms with E-state index in [-0.39, 0.29) is 18.7 Å². The summed E-state index contributed by atoms with van der Waals surface area (Å²) >= 11 is 0. The first kappa shape index (κ1) is 22.8. The van der Waals surface area contributed by atoms with E-state index in [9.17, 15) is 4.79 Å². The molecule has 2 aliphatic rings. The smallest absolute Gasteiger partial charge is 0.394 e. The highest BCUT2D eigenvalue weighted by Crippen LogP contribution is 2.34. The van der Waals surface area contributed by atoms with Crippen molar-refractivity contribution in [2.45, 2.75) is 40.2 Å². The molecule has 5 rings (SSSR count). The molecule has 0 radical (unpaired) electrons. The molecule has 0 fully saturated rings. The number of carbonyl (C=O) groups is 1. The van der Waals surface area contributed by atoms with Crippen molar-refractivity contribution < 1.29 is 17.9 Å². The van der Waals surface area contributed by atoms with Gasteiger partial charge in [-0.25, -0.2) is 0 Å². The molecule has 1 aromatic carbocycles. The van der Waals surface area contributed by atoms with Crippen LogP contribution in [0.2, 0.25) is 0 Å². The highest BCUT2D eigenvalue weighted by Gasteiger charge is 2.52. The Balaban J connectivity index is 1.22. The number of hydrogen-bond donors (Lipinski definition) is 1. The molecule has 3 aromatic rings. The molecule has 2 aromatic heterocycles. The van der Waals surface area contributed by atoms with Gasteiger partial charge in [-0.2, -0.15) is 0 Å². The van der Waals surface area contributed by atoms with Crippen LogP contribution >= 0.6 is 0 Å². The van der Waals surface area contributed by atoms with Gasteiger partial charge in [0.25, 0.3) is 0 Å². The Kier molecular flexibility index (Phi) is 5.62. The van der Waals surface area contributed by atoms with Gasteiger partial charge in [0.1, 0.15) is 5.71 Å². The van der Waals surface area contributed by atoms with Crippen LogP contribution in [0, 0.1) is 20.8 Å². The molecule has 11 heteroatoms. The molecule has 2 aliphatic heterocycles. The number of hydrogen-bond acceptors (Lipinski definition) is 5. The van der Waals surface area contributed by atoms with Crippen LogP contribution in [-0.4, -0.2) is 47.9 Å². The van der Waals surface area contributed by atoms with Crippen molar-refractivity contribution in [1.29, 1.82) is 0 Å². The number of aryl methyl sites for hydroxylation is 3. The summed E-state index contributed by atoms with van der Waals surface area (Å²) in [5.41, 5.74) is 4.45. The van der Waals surface area contributed by atoms with E-state index >= 15 is 8.63 Å². The fourth-order valence-electron chi connectivity index (χ4n) is 4.59. The molecule has 0 bridgehead atoms. The fraction of sp³-hybridized carbons (Fsp3) is 0.250. The molecule has 0 unspecified atom stereocenters. The molecule has 0 aliphatic carbocycles. The van der Waals surface area contributed by atoms with Crippen molar-refractivity contribution in [2.24, 2.45) is 0 Å². The largest absolute Gasteiger partial charge is 0.737 e. The lowest BCUT2D eigenvalue weighted by Gasteiger charge is -2.30. The first-order valence-electron chi connectivity index (χ1n) is 11.4. The van der Waals surface area contributed by atoms with E-state index < -0.39 is 6.97 Å². The van der Waals surface area contributed by atoms with Crippen molar-refractivity contribution in [3.05, 3.63) is 76.5 Å². The molecule has 1 amide bonds. The molecule has 4 heterocycles. The highest BCUT2D eigenvalue weighted by molar-refractivity contribution is 6.58. The summed E-state index contributed by atoms with van der Waals surface area (Å²) in [5, 5.41) is 18.7. The zero-order chi connectivity index (χ0) is 24.7. The standard InChI is InChI=1S/C24H24BF2N7O/c1-15-12-16(2)33-22(15)13-21-9-8-20(34(21)25(33,26)27)10-11-23(35)28-14-18-4-6-19(7-5-18)24-31-29-17(3)30-32-24/h4-9,12-13H,10-11,14H2,1-3H3,(H,28,35). The second-order valence-corrected chi connectivity index (χ2v) is 8.82. The van der Waals surface area contributed by atoms with Gasteiger partial charge in [-0.15, -0.1) is 20.4 Å². The van der Waals surface area contributed by atoms with E-state index in [1.807, 2.05) is 31.2 Å². The molecule has 1 N–H and O–H groups in total. The average Bonchev–Trinajstić information content (AvgIpc) is 3.38. The fourth-order valence-corrected chi connectivity index (χ4v) is 4.59. The summed E-state index contributed by atoms with van der Waals surface area (Å²) in [6, 6.07) is 9.17. The maximum Gasteiger partial charge on any atom is 0.737 e. The van der Waals surface area contributed by atoms with Crippen molar-refractivity contribution in [3.63, 3.8) is 0 Å². The Labute approximate surface area is 201 Å². The van der Waals surface area contributed by atoms with Crippen molar-refractivity contribution in [2.75, 3.05) is 0 Å². The number of allylic oxidation sites excluding steroid dienone is 2. The second kappa shape index (κ2) is 8.64. The number of carbonyl (C=O) groups excluding carboxylic acids is 1. The molecule has 0 saturated carbocycles. The molecular formula is C24H24BF2N7O. The molecule has 178 valence electrons. The quantitative estimate of drug-likeness (QED) is 0.553. The number of fused-ring (bicyclic) bond motifs is 2. The maximum atomic E-state index is 15.5. The Morgan fingerprint density at radius 3 is 2.49 bits per heavy atom. The van der Waals surface area contributed by atoms with E-state index in [1.54, 1.807) is 38.1 Å². The van der Waals surface area contributed by atoms with Crippen molar-refractivity contribution in [3.8, 4) is 11.4 Å². The Hall–Kier alpha value is -4.02. The summed E-state index contributed by atoms with van der Waals surface area (Å²) < 4.78 is 33.2. The van der Waals surface area contributed by atoms with Crippen LogP contribution < -0.4 is 5.32 Å². The number of amides is 1. The SMILES string of the molecule is Cc1nnc(-c2ccc(CNC(=O)CCC3=[N+]4C(=Cc5c(C)cc(C)n5[B-]4(F)F)C=C3)cc2)nn1. The van der Waals surface area contributed by atoms with Gasteiger partial charge in [0.2, 0.25) is 11.7 Å². The summed E-state index contributed by atoms with van der Waals surface area (Å²) in [6.45, 7) is 1.55. The first-order valence-corrected chi connectivity index (χ1v) is 11.4. The monoisotopic (exact) mass is 475 g/mol. The summed E-state index contributed by atoms with van der Waals surface area (Å²) in [5.74, 6) is 0.718. The van der Waals surface area contributed by atoms with Gasteiger partial charge in [-0.1, -0.05) is 24.3 Å². The van der Waals surface area contributed by atoms with Gasteiger partial charge in [0.05, 0.1) is 0 Å². The molecule has 8 nitrogen and oxygen atoms in total. The summed E-state index contributed by atoms with van der Waals surface area (Å²) in [4.78, 5) is 12.5. The minimum Gasteiger partial charge on any atom is -0.394 e.